The summed E-state index contributed by atoms with van der Waals surface area (Å²) in [5.74, 6) is 0.653. The Morgan fingerprint density at radius 2 is 1.76 bits per heavy atom. The van der Waals surface area contributed by atoms with Crippen molar-refractivity contribution in [1.82, 2.24) is 9.97 Å². The fourth-order valence-corrected chi connectivity index (χ4v) is 2.49. The predicted octanol–water partition coefficient (Wildman–Crippen LogP) is 3.86. The van der Waals surface area contributed by atoms with E-state index in [0.717, 1.165) is 10.8 Å². The number of aromatic nitrogens is 2. The van der Waals surface area contributed by atoms with Gasteiger partial charge < -0.3 is 5.32 Å². The summed E-state index contributed by atoms with van der Waals surface area (Å²) >= 11 is 0. The molecule has 0 saturated carbocycles. The van der Waals surface area contributed by atoms with Crippen LogP contribution in [0.15, 0.2) is 42.5 Å². The first-order chi connectivity index (χ1) is 12.0. The molecule has 1 aromatic heterocycles. The second kappa shape index (κ2) is 7.14. The Bertz CT molecular complexity index is 926. The van der Waals surface area contributed by atoms with Crippen LogP contribution in [0.5, 0.6) is 0 Å². The maximum atomic E-state index is 12.2. The van der Waals surface area contributed by atoms with E-state index in [1.54, 1.807) is 13.0 Å². The van der Waals surface area contributed by atoms with Crippen LogP contribution in [0.4, 0.5) is 22.2 Å². The summed E-state index contributed by atoms with van der Waals surface area (Å²) in [7, 11) is 1.48. The number of amides is 2. The predicted molar refractivity (Wildman–Crippen MR) is 98.7 cm³/mol. The van der Waals surface area contributed by atoms with E-state index in [0.29, 0.717) is 17.2 Å². The van der Waals surface area contributed by atoms with Crippen LogP contribution < -0.4 is 16.1 Å². The molecule has 0 saturated heterocycles. The number of rotatable bonds is 4. The zero-order valence-electron chi connectivity index (χ0n) is 14.3. The summed E-state index contributed by atoms with van der Waals surface area (Å²) in [4.78, 5) is 25.4. The molecule has 0 fully saturated rings. The summed E-state index contributed by atoms with van der Waals surface area (Å²) in [6.07, 6.45) is 0. The van der Waals surface area contributed by atoms with E-state index < -0.39 is 6.03 Å². The second-order valence-electron chi connectivity index (χ2n) is 5.67. The maximum Gasteiger partial charge on any atom is 0.326 e. The molecule has 1 heterocycles. The summed E-state index contributed by atoms with van der Waals surface area (Å²) in [5, 5.41) is 7.60. The van der Waals surface area contributed by atoms with Gasteiger partial charge in [0, 0.05) is 17.4 Å². The van der Waals surface area contributed by atoms with Crippen LogP contribution >= 0.6 is 0 Å². The first-order valence-electron chi connectivity index (χ1n) is 7.76. The van der Waals surface area contributed by atoms with E-state index in [9.17, 15) is 4.79 Å². The number of nitrogens with one attached hydrogen (secondary N) is 3. The van der Waals surface area contributed by atoms with Crippen LogP contribution in [0, 0.1) is 13.8 Å². The fraction of sp³-hybridized carbons (Fsp3) is 0.167. The molecule has 0 aliphatic carbocycles. The third kappa shape index (κ3) is 4.21. The van der Waals surface area contributed by atoms with Crippen molar-refractivity contribution < 1.29 is 9.63 Å². The summed E-state index contributed by atoms with van der Waals surface area (Å²) in [6.45, 7) is 3.84. The van der Waals surface area contributed by atoms with E-state index in [2.05, 4.69) is 44.3 Å². The molecular formula is C18H19N5O2. The summed E-state index contributed by atoms with van der Waals surface area (Å²) in [5.41, 5.74) is 5.17. The Kier molecular flexibility index (Phi) is 4.76. The number of anilines is 3. The van der Waals surface area contributed by atoms with Gasteiger partial charge in [-0.2, -0.15) is 4.98 Å². The molecule has 0 radical (unpaired) electrons. The number of urea groups is 1. The molecule has 0 atom stereocenters. The van der Waals surface area contributed by atoms with Gasteiger partial charge in [-0.3, -0.25) is 10.2 Å². The second-order valence-corrected chi connectivity index (χ2v) is 5.67. The zero-order valence-corrected chi connectivity index (χ0v) is 14.3. The molecule has 0 aliphatic heterocycles. The van der Waals surface area contributed by atoms with Gasteiger partial charge >= 0.3 is 6.03 Å². The zero-order chi connectivity index (χ0) is 17.8. The van der Waals surface area contributed by atoms with Crippen LogP contribution in [-0.2, 0) is 4.84 Å². The minimum absolute atomic E-state index is 0.189. The van der Waals surface area contributed by atoms with Crippen molar-refractivity contribution in [2.75, 3.05) is 23.2 Å². The Balaban J connectivity index is 1.74. The number of benzene rings is 2. The molecule has 0 aliphatic rings. The van der Waals surface area contributed by atoms with Gasteiger partial charge in [-0.25, -0.2) is 15.3 Å². The van der Waals surface area contributed by atoms with Crippen molar-refractivity contribution in [2.45, 2.75) is 13.8 Å². The van der Waals surface area contributed by atoms with Crippen LogP contribution in [0.1, 0.15) is 11.3 Å². The smallest absolute Gasteiger partial charge is 0.308 e. The molecular weight excluding hydrogens is 318 g/mol. The summed E-state index contributed by atoms with van der Waals surface area (Å²) < 4.78 is 0. The van der Waals surface area contributed by atoms with Crippen LogP contribution in [0.3, 0.4) is 0 Å². The maximum absolute atomic E-state index is 12.2. The number of carbonyl (C=O) groups is 1. The minimum atomic E-state index is -0.416. The average Bonchev–Trinajstić information content (AvgIpc) is 2.54. The molecule has 7 nitrogen and oxygen atoms in total. The van der Waals surface area contributed by atoms with Gasteiger partial charge in [-0.1, -0.05) is 29.8 Å². The largest absolute Gasteiger partial charge is 0.326 e. The Hall–Kier alpha value is -3.19. The van der Waals surface area contributed by atoms with E-state index in [1.165, 1.54) is 12.7 Å². The van der Waals surface area contributed by atoms with Crippen molar-refractivity contribution in [3.63, 3.8) is 0 Å². The first-order valence-corrected chi connectivity index (χ1v) is 7.76. The highest BCUT2D eigenvalue weighted by molar-refractivity contribution is 6.00. The molecule has 0 spiro atoms. The van der Waals surface area contributed by atoms with E-state index in [1.807, 2.05) is 25.1 Å². The third-order valence-electron chi connectivity index (χ3n) is 3.54. The van der Waals surface area contributed by atoms with E-state index >= 15 is 0 Å². The van der Waals surface area contributed by atoms with Gasteiger partial charge in [0.25, 0.3) is 0 Å². The summed E-state index contributed by atoms with van der Waals surface area (Å²) in [6, 6.07) is 13.2. The standard InChI is InChI=1S/C18H19N5O2/c1-11-4-5-13-6-7-15(10-14(13)8-11)20-18(24)22-17-19-12(2)9-16(21-17)23-25-3/h4-10H,1-3H3,(H3,19,20,21,22,23,24). The Labute approximate surface area is 145 Å². The topological polar surface area (TPSA) is 88.2 Å². The highest BCUT2D eigenvalue weighted by Gasteiger charge is 2.08. The SMILES string of the molecule is CONc1cc(C)nc(NC(=O)Nc2ccc3ccc(C)cc3c2)n1. The van der Waals surface area contributed by atoms with Gasteiger partial charge in [-0.15, -0.1) is 0 Å². The molecule has 128 valence electrons. The lowest BCUT2D eigenvalue weighted by atomic mass is 10.1. The van der Waals surface area contributed by atoms with Crippen molar-refractivity contribution in [1.29, 1.82) is 0 Å². The minimum Gasteiger partial charge on any atom is -0.308 e. The van der Waals surface area contributed by atoms with Crippen molar-refractivity contribution >= 4 is 34.3 Å². The van der Waals surface area contributed by atoms with Gasteiger partial charge in [0.1, 0.15) is 0 Å². The Morgan fingerprint density at radius 1 is 0.960 bits per heavy atom. The number of carbonyl (C=O) groups excluding carboxylic acids is 1. The average molecular weight is 337 g/mol. The lowest BCUT2D eigenvalue weighted by Gasteiger charge is -2.10. The third-order valence-corrected chi connectivity index (χ3v) is 3.54. The molecule has 3 aromatic rings. The van der Waals surface area contributed by atoms with Crippen molar-refractivity contribution in [3.05, 3.63) is 53.7 Å². The number of fused-ring (bicyclic) bond motifs is 1. The fourth-order valence-electron chi connectivity index (χ4n) is 2.49. The van der Waals surface area contributed by atoms with E-state index in [4.69, 9.17) is 4.84 Å². The number of hydrogen-bond acceptors (Lipinski definition) is 5. The monoisotopic (exact) mass is 337 g/mol. The van der Waals surface area contributed by atoms with Crippen LogP contribution in [0.25, 0.3) is 10.8 Å². The lowest BCUT2D eigenvalue weighted by Crippen LogP contribution is -2.21. The molecule has 7 heteroatoms. The molecule has 0 unspecified atom stereocenters. The highest BCUT2D eigenvalue weighted by atomic mass is 16.6. The first kappa shape index (κ1) is 16.7. The van der Waals surface area contributed by atoms with E-state index in [-0.39, 0.29) is 5.95 Å². The molecule has 2 amide bonds. The molecule has 25 heavy (non-hydrogen) atoms. The molecule has 0 bridgehead atoms. The molecule has 3 N–H and O–H groups in total. The lowest BCUT2D eigenvalue weighted by molar-refractivity contribution is 0.262. The quantitative estimate of drug-likeness (QED) is 0.629. The van der Waals surface area contributed by atoms with Gasteiger partial charge in [0.15, 0.2) is 5.82 Å². The molecule has 2 aromatic carbocycles. The number of nitrogens with zero attached hydrogens (tertiary/aromatic N) is 2. The van der Waals surface area contributed by atoms with Crippen molar-refractivity contribution in [3.8, 4) is 0 Å². The molecule has 3 rings (SSSR count). The van der Waals surface area contributed by atoms with Crippen molar-refractivity contribution in [2.24, 2.45) is 0 Å². The van der Waals surface area contributed by atoms with Crippen LogP contribution in [0.2, 0.25) is 0 Å². The number of aryl methyl sites for hydroxylation is 2. The number of hydrogen-bond donors (Lipinski definition) is 3. The van der Waals surface area contributed by atoms with Gasteiger partial charge in [-0.05, 0) is 36.8 Å². The van der Waals surface area contributed by atoms with Crippen LogP contribution in [-0.4, -0.2) is 23.1 Å². The highest BCUT2D eigenvalue weighted by Crippen LogP contribution is 2.20. The van der Waals surface area contributed by atoms with Gasteiger partial charge in [0.05, 0.1) is 7.11 Å². The Morgan fingerprint density at radius 3 is 2.56 bits per heavy atom. The normalized spacial score (nSPS) is 10.5. The van der Waals surface area contributed by atoms with Gasteiger partial charge in [0.2, 0.25) is 5.95 Å².